The van der Waals surface area contributed by atoms with Gasteiger partial charge in [-0.25, -0.2) is 9.78 Å². The number of aromatic carboxylic acids is 1. The van der Waals surface area contributed by atoms with Gasteiger partial charge in [0.2, 0.25) is 0 Å². The van der Waals surface area contributed by atoms with E-state index in [-0.39, 0.29) is 11.0 Å². The van der Waals surface area contributed by atoms with Crippen molar-refractivity contribution in [2.24, 2.45) is 0 Å². The lowest BCUT2D eigenvalue weighted by Gasteiger charge is -2.25. The second-order valence-corrected chi connectivity index (χ2v) is 6.53. The van der Waals surface area contributed by atoms with Gasteiger partial charge in [-0.05, 0) is 31.0 Å². The van der Waals surface area contributed by atoms with E-state index in [2.05, 4.69) is 39.2 Å². The highest BCUT2D eigenvalue weighted by Gasteiger charge is 2.26. The topological polar surface area (TPSA) is 55.1 Å². The summed E-state index contributed by atoms with van der Waals surface area (Å²) in [6, 6.07) is 5.61. The third-order valence-corrected chi connectivity index (χ3v) is 3.91. The molecule has 2 rings (SSSR count). The Kier molecular flexibility index (Phi) is 4.08. The van der Waals surface area contributed by atoms with Gasteiger partial charge in [-0.3, -0.25) is 0 Å². The van der Waals surface area contributed by atoms with Crippen molar-refractivity contribution in [1.29, 1.82) is 0 Å². The Hall–Kier alpha value is -1.84. The highest BCUT2D eigenvalue weighted by molar-refractivity contribution is 5.92. The average Bonchev–Trinajstić information content (AvgIpc) is 2.79. The van der Waals surface area contributed by atoms with Crippen LogP contribution in [-0.4, -0.2) is 20.6 Å². The second-order valence-electron chi connectivity index (χ2n) is 6.53. The van der Waals surface area contributed by atoms with Crippen molar-refractivity contribution >= 4 is 17.0 Å². The standard InChI is InChI=1S/C17H24N2O2/c1-6-12(7-2)19-14-9-8-11(15(20)21)10-13(14)18-16(19)17(3,4)5/h8-10,12H,6-7H2,1-5H3,(H,20,21). The zero-order chi connectivity index (χ0) is 15.8. The highest BCUT2D eigenvalue weighted by Crippen LogP contribution is 2.32. The number of carboxylic acids is 1. The van der Waals surface area contributed by atoms with Gasteiger partial charge in [0.15, 0.2) is 0 Å². The van der Waals surface area contributed by atoms with Crippen molar-refractivity contribution in [1.82, 2.24) is 9.55 Å². The molecule has 0 aliphatic heterocycles. The van der Waals surface area contributed by atoms with Gasteiger partial charge in [0.1, 0.15) is 5.82 Å². The van der Waals surface area contributed by atoms with E-state index in [9.17, 15) is 4.79 Å². The van der Waals surface area contributed by atoms with Crippen LogP contribution in [-0.2, 0) is 5.41 Å². The molecule has 0 saturated carbocycles. The lowest BCUT2D eigenvalue weighted by atomic mass is 9.95. The monoisotopic (exact) mass is 288 g/mol. The summed E-state index contributed by atoms with van der Waals surface area (Å²) in [6.45, 7) is 10.8. The molecule has 1 heterocycles. The van der Waals surface area contributed by atoms with Gasteiger partial charge in [-0.1, -0.05) is 34.6 Å². The maximum absolute atomic E-state index is 11.1. The largest absolute Gasteiger partial charge is 0.478 e. The molecule has 0 spiro atoms. The Balaban J connectivity index is 2.75. The van der Waals surface area contributed by atoms with Crippen LogP contribution in [0.4, 0.5) is 0 Å². The first-order valence-corrected chi connectivity index (χ1v) is 7.55. The molecule has 1 aromatic heterocycles. The number of benzene rings is 1. The Bertz CT molecular complexity index is 661. The minimum absolute atomic E-state index is 0.0784. The Morgan fingerprint density at radius 1 is 1.29 bits per heavy atom. The number of carboxylic acid groups (broad SMARTS) is 1. The van der Waals surface area contributed by atoms with Gasteiger partial charge >= 0.3 is 5.97 Å². The van der Waals surface area contributed by atoms with E-state index in [1.54, 1.807) is 12.1 Å². The van der Waals surface area contributed by atoms with E-state index < -0.39 is 5.97 Å². The Morgan fingerprint density at radius 2 is 1.90 bits per heavy atom. The third-order valence-electron chi connectivity index (χ3n) is 3.91. The molecule has 0 bridgehead atoms. The number of hydrogen-bond donors (Lipinski definition) is 1. The SMILES string of the molecule is CCC(CC)n1c(C(C)(C)C)nc2cc(C(=O)O)ccc21. The van der Waals surface area contributed by atoms with Gasteiger partial charge < -0.3 is 9.67 Å². The highest BCUT2D eigenvalue weighted by atomic mass is 16.4. The summed E-state index contributed by atoms with van der Waals surface area (Å²) in [5, 5.41) is 9.15. The maximum atomic E-state index is 11.1. The molecule has 0 aliphatic rings. The molecule has 0 radical (unpaired) electrons. The van der Waals surface area contributed by atoms with Crippen LogP contribution < -0.4 is 0 Å². The molecule has 1 N–H and O–H groups in total. The number of imidazole rings is 1. The molecule has 4 heteroatoms. The molecule has 4 nitrogen and oxygen atoms in total. The third kappa shape index (κ3) is 2.80. The number of rotatable bonds is 4. The van der Waals surface area contributed by atoms with E-state index in [4.69, 9.17) is 10.1 Å². The first-order valence-electron chi connectivity index (χ1n) is 7.55. The van der Waals surface area contributed by atoms with Crippen LogP contribution in [0.3, 0.4) is 0 Å². The molecule has 114 valence electrons. The first kappa shape index (κ1) is 15.5. The van der Waals surface area contributed by atoms with Crippen LogP contribution in [0.25, 0.3) is 11.0 Å². The number of aromatic nitrogens is 2. The van der Waals surface area contributed by atoms with Crippen molar-refractivity contribution in [2.75, 3.05) is 0 Å². The summed E-state index contributed by atoms with van der Waals surface area (Å²) >= 11 is 0. The number of fused-ring (bicyclic) bond motifs is 1. The smallest absolute Gasteiger partial charge is 0.335 e. The van der Waals surface area contributed by atoms with E-state index in [1.165, 1.54) is 0 Å². The summed E-state index contributed by atoms with van der Waals surface area (Å²) in [5.41, 5.74) is 2.01. The number of carbonyl (C=O) groups is 1. The molecular formula is C17H24N2O2. The zero-order valence-corrected chi connectivity index (χ0v) is 13.5. The summed E-state index contributed by atoms with van der Waals surface area (Å²) in [6.07, 6.45) is 2.07. The molecular weight excluding hydrogens is 264 g/mol. The van der Waals surface area contributed by atoms with E-state index in [0.29, 0.717) is 6.04 Å². The molecule has 0 atom stereocenters. The second kappa shape index (κ2) is 5.51. The van der Waals surface area contributed by atoms with E-state index >= 15 is 0 Å². The summed E-state index contributed by atoms with van der Waals surface area (Å²) in [7, 11) is 0. The van der Waals surface area contributed by atoms with Crippen LogP contribution in [0.15, 0.2) is 18.2 Å². The predicted octanol–water partition coefficient (Wildman–Crippen LogP) is 4.39. The lowest BCUT2D eigenvalue weighted by Crippen LogP contribution is -2.21. The fraction of sp³-hybridized carbons (Fsp3) is 0.529. The first-order chi connectivity index (χ1) is 9.79. The summed E-state index contributed by atoms with van der Waals surface area (Å²) in [4.78, 5) is 15.9. The quantitative estimate of drug-likeness (QED) is 0.907. The van der Waals surface area contributed by atoms with Gasteiger partial charge in [0, 0.05) is 11.5 Å². The van der Waals surface area contributed by atoms with Gasteiger partial charge in [0.25, 0.3) is 0 Å². The number of nitrogens with zero attached hydrogens (tertiary/aromatic N) is 2. The molecule has 21 heavy (non-hydrogen) atoms. The van der Waals surface area contributed by atoms with Crippen molar-refractivity contribution in [3.8, 4) is 0 Å². The summed E-state index contributed by atoms with van der Waals surface area (Å²) < 4.78 is 2.29. The fourth-order valence-electron chi connectivity index (χ4n) is 2.78. The molecule has 0 saturated heterocycles. The molecule has 0 aliphatic carbocycles. The van der Waals surface area contributed by atoms with Crippen molar-refractivity contribution in [3.63, 3.8) is 0 Å². The molecule has 0 amide bonds. The van der Waals surface area contributed by atoms with Crippen LogP contribution in [0, 0.1) is 0 Å². The normalized spacial score (nSPS) is 12.3. The van der Waals surface area contributed by atoms with Crippen LogP contribution >= 0.6 is 0 Å². The zero-order valence-electron chi connectivity index (χ0n) is 13.5. The lowest BCUT2D eigenvalue weighted by molar-refractivity contribution is 0.0697. The van der Waals surface area contributed by atoms with Crippen molar-refractivity contribution in [2.45, 2.75) is 58.9 Å². The van der Waals surface area contributed by atoms with Gasteiger partial charge in [-0.2, -0.15) is 0 Å². The Morgan fingerprint density at radius 3 is 2.38 bits per heavy atom. The van der Waals surface area contributed by atoms with E-state index in [0.717, 1.165) is 29.7 Å². The minimum Gasteiger partial charge on any atom is -0.478 e. The van der Waals surface area contributed by atoms with Gasteiger partial charge in [0.05, 0.1) is 16.6 Å². The Labute approximate surface area is 125 Å². The average molecular weight is 288 g/mol. The van der Waals surface area contributed by atoms with Crippen molar-refractivity contribution < 1.29 is 9.90 Å². The minimum atomic E-state index is -0.911. The van der Waals surface area contributed by atoms with E-state index in [1.807, 2.05) is 6.07 Å². The van der Waals surface area contributed by atoms with Crippen LogP contribution in [0.5, 0.6) is 0 Å². The summed E-state index contributed by atoms with van der Waals surface area (Å²) in [5.74, 6) is 0.111. The van der Waals surface area contributed by atoms with Crippen LogP contribution in [0.2, 0.25) is 0 Å². The molecule has 0 fully saturated rings. The maximum Gasteiger partial charge on any atom is 0.335 e. The number of hydrogen-bond acceptors (Lipinski definition) is 2. The predicted molar refractivity (Wildman–Crippen MR) is 85.0 cm³/mol. The van der Waals surface area contributed by atoms with Gasteiger partial charge in [-0.15, -0.1) is 0 Å². The molecule has 1 aromatic carbocycles. The molecule has 2 aromatic rings. The van der Waals surface area contributed by atoms with Crippen molar-refractivity contribution in [3.05, 3.63) is 29.6 Å². The van der Waals surface area contributed by atoms with Crippen LogP contribution in [0.1, 0.15) is 69.7 Å². The fourth-order valence-corrected chi connectivity index (χ4v) is 2.78. The molecule has 0 unspecified atom stereocenters.